The van der Waals surface area contributed by atoms with Crippen molar-refractivity contribution in [3.05, 3.63) is 53.3 Å². The number of benzene rings is 2. The van der Waals surface area contributed by atoms with E-state index >= 15 is 0 Å². The number of anilines is 2. The molecule has 0 saturated heterocycles. The van der Waals surface area contributed by atoms with Crippen LogP contribution < -0.4 is 37.9 Å². The van der Waals surface area contributed by atoms with Crippen LogP contribution in [0.2, 0.25) is 0 Å². The van der Waals surface area contributed by atoms with Crippen molar-refractivity contribution in [1.29, 1.82) is 0 Å². The summed E-state index contributed by atoms with van der Waals surface area (Å²) in [5.74, 6) is -0.170. The lowest BCUT2D eigenvalue weighted by molar-refractivity contribution is -0.119. The lowest BCUT2D eigenvalue weighted by atomic mass is 9.44. The van der Waals surface area contributed by atoms with E-state index in [-0.39, 0.29) is 32.9 Å². The van der Waals surface area contributed by atoms with Crippen molar-refractivity contribution in [1.82, 2.24) is 14.8 Å². The molecule has 0 unspecified atom stereocenters. The number of carbonyl (C=O) groups is 1. The molecular formula is C27H16B7N5OS. The number of carbonyl (C=O) groups excluding carboxylic acids is 1. The van der Waals surface area contributed by atoms with Gasteiger partial charge in [0, 0.05) is 58.5 Å². The van der Waals surface area contributed by atoms with E-state index in [2.05, 4.69) is 15.5 Å². The lowest BCUT2D eigenvalue weighted by Gasteiger charge is -2.36. The average molecular weight is 534 g/mol. The Hall–Kier alpha value is -3.52. The van der Waals surface area contributed by atoms with Gasteiger partial charge in [-0.25, -0.2) is 4.98 Å². The van der Waals surface area contributed by atoms with Gasteiger partial charge in [0.05, 0.1) is 21.9 Å². The van der Waals surface area contributed by atoms with Gasteiger partial charge >= 0.3 is 0 Å². The highest BCUT2D eigenvalue weighted by Crippen LogP contribution is 2.43. The number of hydrogen-bond donors (Lipinski definition) is 1. The zero-order valence-electron chi connectivity index (χ0n) is 22.2. The molecule has 0 bridgehead atoms. The zero-order chi connectivity index (χ0) is 29.4. The van der Waals surface area contributed by atoms with Gasteiger partial charge in [-0.3, -0.25) is 9.48 Å². The van der Waals surface area contributed by atoms with Gasteiger partial charge in [-0.2, -0.15) is 5.10 Å². The molecule has 1 aliphatic heterocycles. The molecule has 0 fully saturated rings. The SMILES string of the molecule is [B]c1c([B])c([B])c(C([B])([B])C(=O)N2CCc3cc(-c4csc5c(-c6cnn(C)c6)cnc(N)c45)ccc32)c([B])c1[B]. The van der Waals surface area contributed by atoms with E-state index in [1.165, 1.54) is 4.90 Å². The Morgan fingerprint density at radius 2 is 1.66 bits per heavy atom. The highest BCUT2D eigenvalue weighted by atomic mass is 32.1. The first-order valence-electron chi connectivity index (χ1n) is 12.6. The van der Waals surface area contributed by atoms with Gasteiger partial charge < -0.3 is 10.6 Å². The summed E-state index contributed by atoms with van der Waals surface area (Å²) in [4.78, 5) is 19.8. The predicted molar refractivity (Wildman–Crippen MR) is 174 cm³/mol. The molecule has 182 valence electrons. The van der Waals surface area contributed by atoms with E-state index < -0.39 is 11.1 Å². The number of pyridine rings is 1. The fourth-order valence-electron chi connectivity index (χ4n) is 5.45. The number of rotatable bonds is 4. The van der Waals surface area contributed by atoms with Crippen molar-refractivity contribution in [2.24, 2.45) is 7.05 Å². The second kappa shape index (κ2) is 9.79. The van der Waals surface area contributed by atoms with Crippen molar-refractivity contribution in [2.45, 2.75) is 11.6 Å². The maximum absolute atomic E-state index is 13.8. The van der Waals surface area contributed by atoms with Crippen LogP contribution in [-0.2, 0) is 23.5 Å². The molecule has 0 saturated carbocycles. The zero-order valence-corrected chi connectivity index (χ0v) is 23.0. The Morgan fingerprint density at radius 3 is 2.32 bits per heavy atom. The van der Waals surface area contributed by atoms with Gasteiger partial charge in [0.15, 0.2) is 0 Å². The van der Waals surface area contributed by atoms with Gasteiger partial charge in [0.1, 0.15) is 45.0 Å². The van der Waals surface area contributed by atoms with Crippen LogP contribution in [0.3, 0.4) is 0 Å². The quantitative estimate of drug-likeness (QED) is 0.271. The Bertz CT molecular complexity index is 1870. The van der Waals surface area contributed by atoms with E-state index in [0.717, 1.165) is 37.9 Å². The van der Waals surface area contributed by atoms with E-state index in [4.69, 9.17) is 60.7 Å². The Morgan fingerprint density at radius 1 is 0.976 bits per heavy atom. The molecule has 6 nitrogen and oxygen atoms in total. The van der Waals surface area contributed by atoms with E-state index in [0.29, 0.717) is 24.5 Å². The molecule has 41 heavy (non-hydrogen) atoms. The first-order chi connectivity index (χ1) is 19.4. The van der Waals surface area contributed by atoms with Crippen LogP contribution in [0.15, 0.2) is 42.2 Å². The summed E-state index contributed by atoms with van der Waals surface area (Å²) in [6, 6.07) is 5.83. The van der Waals surface area contributed by atoms with Crippen LogP contribution in [-0.4, -0.2) is 82.1 Å². The molecule has 5 aromatic rings. The van der Waals surface area contributed by atoms with Gasteiger partial charge in [-0.05, 0) is 40.3 Å². The Balaban J connectivity index is 1.38. The first-order valence-corrected chi connectivity index (χ1v) is 13.5. The van der Waals surface area contributed by atoms with Crippen molar-refractivity contribution in [2.75, 3.05) is 17.2 Å². The number of fused-ring (bicyclic) bond motifs is 2. The number of nitrogens with zero attached hydrogens (tertiary/aromatic N) is 4. The highest BCUT2D eigenvalue weighted by Gasteiger charge is 2.38. The molecule has 14 radical (unpaired) electrons. The Labute approximate surface area is 251 Å². The maximum Gasteiger partial charge on any atom is 0.220 e. The van der Waals surface area contributed by atoms with Crippen LogP contribution >= 0.6 is 11.3 Å². The number of amides is 1. The molecule has 1 aliphatic rings. The number of nitrogen functional groups attached to an aromatic ring is 1. The van der Waals surface area contributed by atoms with Gasteiger partial charge in [-0.1, -0.05) is 11.6 Å². The van der Waals surface area contributed by atoms with Crippen LogP contribution in [0.1, 0.15) is 11.1 Å². The third-order valence-electron chi connectivity index (χ3n) is 7.64. The van der Waals surface area contributed by atoms with Gasteiger partial charge in [-0.15, -0.1) is 38.7 Å². The number of hydrogen-bond acceptors (Lipinski definition) is 5. The summed E-state index contributed by atoms with van der Waals surface area (Å²) in [5.41, 5.74) is 11.5. The standard InChI is InChI=1S/C27H16B7N5OS/c1-38-9-13(7-37-38)14-8-36-25(35)17-15(10-41-24(14)17)11-2-3-16-12(6-11)4-5-39(16)26(40)27(33,34)18-19(28)21(30)23(32)22(31)20(18)29/h2-3,6-10H,4-5H2,1H3,(H2,35,36). The minimum Gasteiger partial charge on any atom is -0.383 e. The van der Waals surface area contributed by atoms with Gasteiger partial charge in [0.25, 0.3) is 0 Å². The van der Waals surface area contributed by atoms with Crippen LogP contribution in [0.4, 0.5) is 11.5 Å². The first kappa shape index (κ1) is 27.6. The molecule has 3 aromatic heterocycles. The molecule has 14 heteroatoms. The Kier molecular flexibility index (Phi) is 6.60. The number of aryl methyl sites for hydroxylation is 1. The molecule has 1 amide bonds. The number of thiophene rings is 1. The lowest BCUT2D eigenvalue weighted by Crippen LogP contribution is -2.62. The summed E-state index contributed by atoms with van der Waals surface area (Å²) in [6.45, 7) is 0.354. The van der Waals surface area contributed by atoms with E-state index in [1.807, 2.05) is 31.4 Å². The van der Waals surface area contributed by atoms with E-state index in [1.54, 1.807) is 28.4 Å². The maximum atomic E-state index is 13.8. The summed E-state index contributed by atoms with van der Waals surface area (Å²) in [7, 11) is 44.9. The topological polar surface area (TPSA) is 77.0 Å². The number of aromatic nitrogens is 3. The van der Waals surface area contributed by atoms with Crippen molar-refractivity contribution in [3.63, 3.8) is 0 Å². The summed E-state index contributed by atoms with van der Waals surface area (Å²) in [6.07, 6.45) is 6.10. The average Bonchev–Trinajstić information content (AvgIpc) is 3.69. The molecule has 2 aromatic carbocycles. The largest absolute Gasteiger partial charge is 0.383 e. The monoisotopic (exact) mass is 535 g/mol. The highest BCUT2D eigenvalue weighted by molar-refractivity contribution is 7.18. The summed E-state index contributed by atoms with van der Waals surface area (Å²) >= 11 is 1.59. The third-order valence-corrected chi connectivity index (χ3v) is 8.65. The predicted octanol–water partition coefficient (Wildman–Crippen LogP) is -2.01. The molecule has 2 N–H and O–H groups in total. The number of nitrogens with two attached hydrogens (primary N) is 1. The van der Waals surface area contributed by atoms with E-state index in [9.17, 15) is 4.79 Å². The minimum absolute atomic E-state index is 0.00962. The smallest absolute Gasteiger partial charge is 0.220 e. The molecule has 0 aliphatic carbocycles. The second-order valence-corrected chi connectivity index (χ2v) is 11.1. The third kappa shape index (κ3) is 4.21. The molecule has 0 spiro atoms. The summed E-state index contributed by atoms with van der Waals surface area (Å²) < 4.78 is 2.77. The van der Waals surface area contributed by atoms with Gasteiger partial charge in [0.2, 0.25) is 5.91 Å². The van der Waals surface area contributed by atoms with Crippen LogP contribution in [0, 0.1) is 0 Å². The minimum atomic E-state index is -2.11. The fourth-order valence-corrected chi connectivity index (χ4v) is 6.57. The van der Waals surface area contributed by atoms with Crippen LogP contribution in [0.25, 0.3) is 32.3 Å². The normalized spacial score (nSPS) is 13.1. The van der Waals surface area contributed by atoms with Crippen molar-refractivity contribution in [3.8, 4) is 22.3 Å². The fraction of sp³-hybridized carbons (Fsp3) is 0.148. The molecule has 0 atom stereocenters. The molecule has 4 heterocycles. The summed E-state index contributed by atoms with van der Waals surface area (Å²) in [5, 5.41) is 5.11. The molecule has 6 rings (SSSR count). The van der Waals surface area contributed by atoms with Crippen LogP contribution in [0.5, 0.6) is 0 Å². The van der Waals surface area contributed by atoms with Crippen molar-refractivity contribution >= 4 is 121 Å². The van der Waals surface area contributed by atoms with Crippen molar-refractivity contribution < 1.29 is 4.79 Å². The second-order valence-electron chi connectivity index (χ2n) is 10.2. The molecular weight excluding hydrogens is 518 g/mol.